The normalized spacial score (nSPS) is 25.0. The highest BCUT2D eigenvalue weighted by Gasteiger charge is 2.07. The first-order valence-electron chi connectivity index (χ1n) is 4.22. The third kappa shape index (κ3) is 2.85. The van der Waals surface area contributed by atoms with E-state index in [1.807, 2.05) is 0 Å². The molecule has 1 heteroatoms. The summed E-state index contributed by atoms with van der Waals surface area (Å²) in [7, 11) is 0. The molecule has 0 aliphatic heterocycles. The number of hydrogen-bond acceptors (Lipinski definition) is 0. The Morgan fingerprint density at radius 1 is 0.778 bits per heavy atom. The lowest BCUT2D eigenvalue weighted by Gasteiger charge is -2.11. The van der Waals surface area contributed by atoms with Crippen LogP contribution in [-0.4, -0.2) is 6.04 Å². The Labute approximate surface area is 57.6 Å². The predicted octanol–water partition coefficient (Wildman–Crippen LogP) is 1.34. The smallest absolute Gasteiger partial charge is 0.0843 e. The van der Waals surface area contributed by atoms with Gasteiger partial charge in [-0.2, -0.15) is 0 Å². The van der Waals surface area contributed by atoms with Crippen molar-refractivity contribution in [3.63, 3.8) is 0 Å². The van der Waals surface area contributed by atoms with Gasteiger partial charge in [-0.1, -0.05) is 19.3 Å². The Bertz CT molecular complexity index is 63.0. The fourth-order valence-corrected chi connectivity index (χ4v) is 1.54. The summed E-state index contributed by atoms with van der Waals surface area (Å²) < 4.78 is 0. The highest BCUT2D eigenvalue weighted by molar-refractivity contribution is 4.58. The lowest BCUT2D eigenvalue weighted by atomic mass is 9.98. The van der Waals surface area contributed by atoms with Crippen LogP contribution < -0.4 is 5.73 Å². The second-order valence-electron chi connectivity index (χ2n) is 3.21. The van der Waals surface area contributed by atoms with Crippen LogP contribution in [0.1, 0.15) is 44.9 Å². The van der Waals surface area contributed by atoms with Crippen LogP contribution in [0.5, 0.6) is 0 Å². The van der Waals surface area contributed by atoms with Gasteiger partial charge in [0, 0.05) is 0 Å². The van der Waals surface area contributed by atoms with E-state index in [1.165, 1.54) is 44.9 Å². The van der Waals surface area contributed by atoms with Gasteiger partial charge in [0.1, 0.15) is 0 Å². The zero-order valence-electron chi connectivity index (χ0n) is 6.23. The molecule has 1 rings (SSSR count). The van der Waals surface area contributed by atoms with Crippen molar-refractivity contribution in [1.82, 2.24) is 0 Å². The Morgan fingerprint density at radius 2 is 1.22 bits per heavy atom. The molecule has 0 aromatic rings. The molecule has 0 heterocycles. The van der Waals surface area contributed by atoms with Crippen LogP contribution in [0, 0.1) is 0 Å². The van der Waals surface area contributed by atoms with Gasteiger partial charge in [-0.25, -0.2) is 0 Å². The van der Waals surface area contributed by atoms with Crippen LogP contribution in [-0.2, 0) is 0 Å². The van der Waals surface area contributed by atoms with Crippen molar-refractivity contribution in [3.8, 4) is 0 Å². The van der Waals surface area contributed by atoms with Crippen LogP contribution in [0.3, 0.4) is 0 Å². The highest BCUT2D eigenvalue weighted by Crippen LogP contribution is 2.14. The molecule has 1 aliphatic carbocycles. The molecule has 0 amide bonds. The van der Waals surface area contributed by atoms with Gasteiger partial charge >= 0.3 is 0 Å². The highest BCUT2D eigenvalue weighted by atomic mass is 14.6. The van der Waals surface area contributed by atoms with E-state index in [4.69, 9.17) is 0 Å². The van der Waals surface area contributed by atoms with Crippen molar-refractivity contribution in [3.05, 3.63) is 0 Å². The van der Waals surface area contributed by atoms with Crippen molar-refractivity contribution >= 4 is 0 Å². The monoisotopic (exact) mass is 128 g/mol. The van der Waals surface area contributed by atoms with E-state index in [0.717, 1.165) is 6.04 Å². The van der Waals surface area contributed by atoms with Crippen molar-refractivity contribution in [2.45, 2.75) is 51.0 Å². The van der Waals surface area contributed by atoms with Gasteiger partial charge in [0.2, 0.25) is 0 Å². The molecular formula is C8H18N+. The van der Waals surface area contributed by atoms with E-state index in [0.29, 0.717) is 0 Å². The van der Waals surface area contributed by atoms with Gasteiger partial charge in [0.25, 0.3) is 0 Å². The van der Waals surface area contributed by atoms with Crippen LogP contribution in [0.4, 0.5) is 0 Å². The summed E-state index contributed by atoms with van der Waals surface area (Å²) in [4.78, 5) is 0. The maximum absolute atomic E-state index is 4.10. The van der Waals surface area contributed by atoms with Crippen LogP contribution in [0.25, 0.3) is 0 Å². The van der Waals surface area contributed by atoms with E-state index in [1.54, 1.807) is 0 Å². The Kier molecular flexibility index (Phi) is 3.05. The van der Waals surface area contributed by atoms with Crippen LogP contribution in [0.15, 0.2) is 0 Å². The van der Waals surface area contributed by atoms with Crippen LogP contribution in [0.2, 0.25) is 0 Å². The molecule has 1 fully saturated rings. The van der Waals surface area contributed by atoms with Gasteiger partial charge in [0.15, 0.2) is 0 Å². The first kappa shape index (κ1) is 7.07. The van der Waals surface area contributed by atoms with Gasteiger partial charge in [-0.15, -0.1) is 0 Å². The molecule has 0 aromatic carbocycles. The summed E-state index contributed by atoms with van der Waals surface area (Å²) in [5.74, 6) is 0. The quantitative estimate of drug-likeness (QED) is 0.510. The van der Waals surface area contributed by atoms with E-state index >= 15 is 0 Å². The van der Waals surface area contributed by atoms with Crippen molar-refractivity contribution in [2.24, 2.45) is 0 Å². The average molecular weight is 128 g/mol. The minimum atomic E-state index is 0.769. The standard InChI is InChI=1S/C8H17N/c9-8-6-4-2-1-3-5-7-8/h8H,1-7,9H2/p+1. The molecule has 0 unspecified atom stereocenters. The molecule has 1 aliphatic rings. The van der Waals surface area contributed by atoms with Crippen molar-refractivity contribution in [2.75, 3.05) is 0 Å². The zero-order chi connectivity index (χ0) is 6.53. The summed E-state index contributed by atoms with van der Waals surface area (Å²) in [5.41, 5.74) is 4.10. The fraction of sp³-hybridized carbons (Fsp3) is 1.00. The van der Waals surface area contributed by atoms with E-state index in [-0.39, 0.29) is 0 Å². The first-order valence-corrected chi connectivity index (χ1v) is 4.22. The third-order valence-electron chi connectivity index (χ3n) is 2.22. The summed E-state index contributed by atoms with van der Waals surface area (Å²) >= 11 is 0. The largest absolute Gasteiger partial charge is 0.355 e. The Morgan fingerprint density at radius 3 is 1.78 bits per heavy atom. The van der Waals surface area contributed by atoms with Crippen molar-refractivity contribution < 1.29 is 5.73 Å². The molecule has 0 bridgehead atoms. The first-order chi connectivity index (χ1) is 4.39. The molecule has 54 valence electrons. The molecule has 9 heavy (non-hydrogen) atoms. The second-order valence-corrected chi connectivity index (χ2v) is 3.21. The zero-order valence-corrected chi connectivity index (χ0v) is 6.23. The van der Waals surface area contributed by atoms with E-state index in [9.17, 15) is 0 Å². The average Bonchev–Trinajstić information content (AvgIpc) is 1.79. The molecular weight excluding hydrogens is 110 g/mol. The number of quaternary nitrogens is 1. The third-order valence-corrected chi connectivity index (χ3v) is 2.22. The number of hydrogen-bond donors (Lipinski definition) is 1. The summed E-state index contributed by atoms with van der Waals surface area (Å²) in [5, 5.41) is 0. The van der Waals surface area contributed by atoms with E-state index in [2.05, 4.69) is 5.73 Å². The summed E-state index contributed by atoms with van der Waals surface area (Å²) in [6, 6.07) is 0.769. The Hall–Kier alpha value is -0.0400. The van der Waals surface area contributed by atoms with Gasteiger partial charge < -0.3 is 5.73 Å². The Balaban J connectivity index is 2.12. The molecule has 3 N–H and O–H groups in total. The molecule has 0 atom stereocenters. The van der Waals surface area contributed by atoms with E-state index < -0.39 is 0 Å². The molecule has 1 nitrogen and oxygen atoms in total. The SMILES string of the molecule is [NH3+]C1CCCCCCC1. The number of rotatable bonds is 0. The molecule has 0 aromatic heterocycles. The summed E-state index contributed by atoms with van der Waals surface area (Å²) in [6.07, 6.45) is 9.97. The minimum absolute atomic E-state index is 0.769. The topological polar surface area (TPSA) is 27.6 Å². The molecule has 0 radical (unpaired) electrons. The molecule has 1 saturated carbocycles. The second kappa shape index (κ2) is 3.89. The van der Waals surface area contributed by atoms with Gasteiger partial charge in [-0.3, -0.25) is 0 Å². The van der Waals surface area contributed by atoms with Gasteiger partial charge in [-0.05, 0) is 25.7 Å². The fourth-order valence-electron chi connectivity index (χ4n) is 1.54. The molecule has 0 saturated heterocycles. The lowest BCUT2D eigenvalue weighted by molar-refractivity contribution is -0.423. The summed E-state index contributed by atoms with van der Waals surface area (Å²) in [6.45, 7) is 0. The molecule has 0 spiro atoms. The maximum Gasteiger partial charge on any atom is 0.0843 e. The maximum atomic E-state index is 4.10. The van der Waals surface area contributed by atoms with Crippen molar-refractivity contribution in [1.29, 1.82) is 0 Å². The minimum Gasteiger partial charge on any atom is -0.355 e. The van der Waals surface area contributed by atoms with Crippen LogP contribution >= 0.6 is 0 Å². The predicted molar refractivity (Wildman–Crippen MR) is 39.0 cm³/mol. The van der Waals surface area contributed by atoms with Gasteiger partial charge in [0.05, 0.1) is 6.04 Å². The lowest BCUT2D eigenvalue weighted by Crippen LogP contribution is -2.60.